The Kier molecular flexibility index (Phi) is 8.03. The van der Waals surface area contributed by atoms with Crippen LogP contribution in [0.1, 0.15) is 19.4 Å². The number of hydrogen-bond donors (Lipinski definition) is 2. The molecule has 0 spiro atoms. The van der Waals surface area contributed by atoms with Gasteiger partial charge in [0.2, 0.25) is 5.91 Å². The van der Waals surface area contributed by atoms with Gasteiger partial charge in [0.15, 0.2) is 11.5 Å². The minimum atomic E-state index is -0.486. The molecule has 0 aliphatic heterocycles. The lowest BCUT2D eigenvalue weighted by atomic mass is 10.0. The number of rotatable bonds is 6. The maximum Gasteiger partial charge on any atom is 0.237 e. The third-order valence-electron chi connectivity index (χ3n) is 2.94. The average Bonchev–Trinajstić information content (AvgIpc) is 2.43. The molecular formula is C14H23ClN2O3. The number of hydrogen-bond acceptors (Lipinski definition) is 4. The number of methoxy groups -OCH3 is 2. The van der Waals surface area contributed by atoms with E-state index in [0.29, 0.717) is 18.0 Å². The van der Waals surface area contributed by atoms with E-state index in [1.165, 1.54) is 0 Å². The molecule has 0 aliphatic carbocycles. The van der Waals surface area contributed by atoms with Crippen molar-refractivity contribution >= 4 is 18.3 Å². The van der Waals surface area contributed by atoms with Crippen LogP contribution in [0.3, 0.4) is 0 Å². The van der Waals surface area contributed by atoms with Crippen LogP contribution < -0.4 is 20.5 Å². The van der Waals surface area contributed by atoms with Gasteiger partial charge >= 0.3 is 0 Å². The number of halogens is 1. The van der Waals surface area contributed by atoms with E-state index in [1.807, 2.05) is 32.0 Å². The van der Waals surface area contributed by atoms with Gasteiger partial charge in [-0.05, 0) is 23.6 Å². The summed E-state index contributed by atoms with van der Waals surface area (Å²) in [5, 5.41) is 2.81. The van der Waals surface area contributed by atoms with Gasteiger partial charge in [0.1, 0.15) is 0 Å². The second-order valence-corrected chi connectivity index (χ2v) is 4.68. The number of benzene rings is 1. The summed E-state index contributed by atoms with van der Waals surface area (Å²) in [6.45, 7) is 4.25. The monoisotopic (exact) mass is 302 g/mol. The van der Waals surface area contributed by atoms with E-state index in [2.05, 4.69) is 5.32 Å². The standard InChI is InChI=1S/C14H22N2O3.ClH/c1-9(2)13(15)14(17)16-8-10-5-6-11(18-3)12(7-10)19-4;/h5-7,9,13H,8,15H2,1-4H3,(H,16,17);1H. The predicted octanol–water partition coefficient (Wildman–Crippen LogP) is 1.73. The van der Waals surface area contributed by atoms with Gasteiger partial charge in [-0.15, -0.1) is 12.4 Å². The molecular weight excluding hydrogens is 280 g/mol. The maximum atomic E-state index is 11.7. The highest BCUT2D eigenvalue weighted by Crippen LogP contribution is 2.27. The smallest absolute Gasteiger partial charge is 0.237 e. The molecule has 0 fully saturated rings. The van der Waals surface area contributed by atoms with E-state index in [9.17, 15) is 4.79 Å². The summed E-state index contributed by atoms with van der Waals surface area (Å²) in [5.74, 6) is 1.27. The third kappa shape index (κ3) is 4.90. The summed E-state index contributed by atoms with van der Waals surface area (Å²) in [4.78, 5) is 11.7. The molecule has 1 amide bonds. The fourth-order valence-electron chi connectivity index (χ4n) is 1.60. The second-order valence-electron chi connectivity index (χ2n) is 4.68. The van der Waals surface area contributed by atoms with E-state index in [-0.39, 0.29) is 24.2 Å². The Morgan fingerprint density at radius 3 is 2.35 bits per heavy atom. The molecule has 0 radical (unpaired) electrons. The minimum absolute atomic E-state index is 0. The Bertz CT molecular complexity index is 438. The first-order valence-corrected chi connectivity index (χ1v) is 6.23. The first kappa shape index (κ1) is 18.5. The van der Waals surface area contributed by atoms with Crippen molar-refractivity contribution in [2.45, 2.75) is 26.4 Å². The van der Waals surface area contributed by atoms with Crippen molar-refractivity contribution in [3.8, 4) is 11.5 Å². The van der Waals surface area contributed by atoms with Crippen LogP contribution in [-0.2, 0) is 11.3 Å². The first-order valence-electron chi connectivity index (χ1n) is 6.23. The highest BCUT2D eigenvalue weighted by Gasteiger charge is 2.16. The number of ether oxygens (including phenoxy) is 2. The Morgan fingerprint density at radius 1 is 1.25 bits per heavy atom. The van der Waals surface area contributed by atoms with Crippen molar-refractivity contribution < 1.29 is 14.3 Å². The normalized spacial score (nSPS) is 11.5. The zero-order chi connectivity index (χ0) is 14.4. The fourth-order valence-corrected chi connectivity index (χ4v) is 1.60. The van der Waals surface area contributed by atoms with Gasteiger partial charge in [0, 0.05) is 6.54 Å². The summed E-state index contributed by atoms with van der Waals surface area (Å²) in [6.07, 6.45) is 0. The molecule has 0 aliphatic rings. The zero-order valence-corrected chi connectivity index (χ0v) is 13.1. The number of nitrogens with one attached hydrogen (secondary N) is 1. The number of carbonyl (C=O) groups excluding carboxylic acids is 1. The van der Waals surface area contributed by atoms with Crippen LogP contribution in [-0.4, -0.2) is 26.2 Å². The lowest BCUT2D eigenvalue weighted by Gasteiger charge is -2.16. The molecule has 0 saturated heterocycles. The molecule has 1 rings (SSSR count). The fraction of sp³-hybridized carbons (Fsp3) is 0.500. The molecule has 0 saturated carbocycles. The van der Waals surface area contributed by atoms with Crippen LogP contribution in [0, 0.1) is 5.92 Å². The van der Waals surface area contributed by atoms with Gasteiger partial charge in [-0.1, -0.05) is 19.9 Å². The Hall–Kier alpha value is -1.46. The highest BCUT2D eigenvalue weighted by molar-refractivity contribution is 5.85. The molecule has 20 heavy (non-hydrogen) atoms. The lowest BCUT2D eigenvalue weighted by molar-refractivity contribution is -0.123. The summed E-state index contributed by atoms with van der Waals surface area (Å²) < 4.78 is 10.4. The summed E-state index contributed by atoms with van der Waals surface area (Å²) in [7, 11) is 3.16. The van der Waals surface area contributed by atoms with Crippen LogP contribution in [0.2, 0.25) is 0 Å². The average molecular weight is 303 g/mol. The number of amides is 1. The molecule has 1 unspecified atom stereocenters. The van der Waals surface area contributed by atoms with E-state index in [4.69, 9.17) is 15.2 Å². The van der Waals surface area contributed by atoms with Crippen molar-refractivity contribution in [2.24, 2.45) is 11.7 Å². The van der Waals surface area contributed by atoms with Gasteiger partial charge in [-0.25, -0.2) is 0 Å². The highest BCUT2D eigenvalue weighted by atomic mass is 35.5. The predicted molar refractivity (Wildman–Crippen MR) is 81.5 cm³/mol. The van der Waals surface area contributed by atoms with Gasteiger partial charge < -0.3 is 20.5 Å². The number of nitrogens with two attached hydrogens (primary N) is 1. The van der Waals surface area contributed by atoms with E-state index in [1.54, 1.807) is 14.2 Å². The van der Waals surface area contributed by atoms with Crippen LogP contribution in [0.5, 0.6) is 11.5 Å². The molecule has 1 atom stereocenters. The SMILES string of the molecule is COc1ccc(CNC(=O)C(N)C(C)C)cc1OC.Cl. The first-order chi connectivity index (χ1) is 8.99. The minimum Gasteiger partial charge on any atom is -0.493 e. The summed E-state index contributed by atoms with van der Waals surface area (Å²) in [5.41, 5.74) is 6.70. The van der Waals surface area contributed by atoms with Gasteiger partial charge in [0.25, 0.3) is 0 Å². The summed E-state index contributed by atoms with van der Waals surface area (Å²) >= 11 is 0. The van der Waals surface area contributed by atoms with Gasteiger partial charge in [-0.2, -0.15) is 0 Å². The summed E-state index contributed by atoms with van der Waals surface area (Å²) in [6, 6.07) is 5.03. The molecule has 0 aromatic heterocycles. The van der Waals surface area contributed by atoms with Crippen molar-refractivity contribution in [2.75, 3.05) is 14.2 Å². The zero-order valence-electron chi connectivity index (χ0n) is 12.3. The Balaban J connectivity index is 0.00000361. The van der Waals surface area contributed by atoms with Gasteiger partial charge in [-0.3, -0.25) is 4.79 Å². The van der Waals surface area contributed by atoms with Crippen molar-refractivity contribution in [1.29, 1.82) is 0 Å². The Morgan fingerprint density at radius 2 is 1.85 bits per heavy atom. The topological polar surface area (TPSA) is 73.6 Å². The maximum absolute atomic E-state index is 11.7. The third-order valence-corrected chi connectivity index (χ3v) is 2.94. The largest absolute Gasteiger partial charge is 0.493 e. The van der Waals surface area contributed by atoms with E-state index < -0.39 is 6.04 Å². The molecule has 114 valence electrons. The molecule has 0 bridgehead atoms. The Labute approximate surface area is 126 Å². The van der Waals surface area contributed by atoms with Crippen LogP contribution in [0.15, 0.2) is 18.2 Å². The molecule has 3 N–H and O–H groups in total. The van der Waals surface area contributed by atoms with Crippen LogP contribution in [0.4, 0.5) is 0 Å². The lowest BCUT2D eigenvalue weighted by Crippen LogP contribution is -2.43. The molecule has 1 aromatic rings. The van der Waals surface area contributed by atoms with E-state index in [0.717, 1.165) is 5.56 Å². The van der Waals surface area contributed by atoms with E-state index >= 15 is 0 Å². The van der Waals surface area contributed by atoms with Crippen molar-refractivity contribution in [3.63, 3.8) is 0 Å². The van der Waals surface area contributed by atoms with Crippen LogP contribution in [0.25, 0.3) is 0 Å². The van der Waals surface area contributed by atoms with Crippen molar-refractivity contribution in [1.82, 2.24) is 5.32 Å². The molecule has 1 aromatic carbocycles. The number of carbonyl (C=O) groups is 1. The second kappa shape index (κ2) is 8.66. The molecule has 6 heteroatoms. The van der Waals surface area contributed by atoms with Crippen LogP contribution >= 0.6 is 12.4 Å². The quantitative estimate of drug-likeness (QED) is 0.839. The molecule has 5 nitrogen and oxygen atoms in total. The van der Waals surface area contributed by atoms with Crippen molar-refractivity contribution in [3.05, 3.63) is 23.8 Å². The molecule has 0 heterocycles. The van der Waals surface area contributed by atoms with Gasteiger partial charge in [0.05, 0.1) is 20.3 Å².